The van der Waals surface area contributed by atoms with Gasteiger partial charge in [0, 0.05) is 24.0 Å². The molecule has 0 aliphatic rings. The molecule has 0 amide bonds. The molecule has 0 bridgehead atoms. The van der Waals surface area contributed by atoms with Crippen molar-refractivity contribution in [1.82, 2.24) is 18.9 Å². The number of rotatable bonds is 8. The predicted molar refractivity (Wildman–Crippen MR) is 151 cm³/mol. The van der Waals surface area contributed by atoms with E-state index in [0.717, 1.165) is 28.3 Å². The number of benzene rings is 3. The maximum atomic E-state index is 13.4. The zero-order valence-electron chi connectivity index (χ0n) is 21.7. The van der Waals surface area contributed by atoms with Crippen LogP contribution in [0, 0.1) is 13.8 Å². The number of ether oxygens (including phenoxy) is 1. The highest BCUT2D eigenvalue weighted by Crippen LogP contribution is 2.31. The van der Waals surface area contributed by atoms with E-state index in [1.807, 2.05) is 96.6 Å². The van der Waals surface area contributed by atoms with Crippen molar-refractivity contribution >= 4 is 17.5 Å². The Hall–Kier alpha value is -4.30. The molecule has 0 N–H and O–H groups in total. The second-order valence-corrected chi connectivity index (χ2v) is 9.92. The maximum absolute atomic E-state index is 13.4. The zero-order valence-corrected chi connectivity index (χ0v) is 22.5. The number of Topliss-reactive ketones (excluding diaryl/α,β-unsaturated/α-hetero) is 1. The van der Waals surface area contributed by atoms with Crippen LogP contribution >= 0.6 is 11.8 Å². The Morgan fingerprint density at radius 1 is 0.921 bits per heavy atom. The van der Waals surface area contributed by atoms with Crippen molar-refractivity contribution in [2.24, 2.45) is 7.05 Å². The number of carbonyl (C=O) groups is 1. The van der Waals surface area contributed by atoms with E-state index in [1.165, 1.54) is 16.4 Å². The topological polar surface area (TPSA) is 71.1 Å². The van der Waals surface area contributed by atoms with Gasteiger partial charge in [-0.25, -0.2) is 9.67 Å². The largest absolute Gasteiger partial charge is 0.497 e. The Bertz CT molecular complexity index is 1650. The molecule has 2 heterocycles. The van der Waals surface area contributed by atoms with Gasteiger partial charge in [0.2, 0.25) is 0 Å². The van der Waals surface area contributed by atoms with Crippen LogP contribution in [-0.2, 0) is 7.05 Å². The molecule has 5 aromatic rings. The Morgan fingerprint density at radius 2 is 1.61 bits per heavy atom. The fourth-order valence-corrected chi connectivity index (χ4v) is 5.30. The molecule has 0 atom stereocenters. The Labute approximate surface area is 225 Å². The van der Waals surface area contributed by atoms with Crippen molar-refractivity contribution in [3.63, 3.8) is 0 Å². The number of ketones is 1. The van der Waals surface area contributed by atoms with Crippen molar-refractivity contribution in [2.45, 2.75) is 19.0 Å². The SMILES string of the molecule is COc1ccc(-c2cnc(SCC(=O)c3c(C)n(C)n(-c4ccccc4)c3=O)n2-c2ccc(C)cc2)cc1. The van der Waals surface area contributed by atoms with Crippen LogP contribution in [-0.4, -0.2) is 37.6 Å². The van der Waals surface area contributed by atoms with Gasteiger partial charge in [-0.2, -0.15) is 0 Å². The number of hydrogen-bond acceptors (Lipinski definition) is 5. The molecule has 3 aromatic carbocycles. The highest BCUT2D eigenvalue weighted by atomic mass is 32.2. The van der Waals surface area contributed by atoms with Gasteiger partial charge in [0.15, 0.2) is 10.9 Å². The lowest BCUT2D eigenvalue weighted by atomic mass is 10.1. The van der Waals surface area contributed by atoms with Gasteiger partial charge < -0.3 is 4.74 Å². The summed E-state index contributed by atoms with van der Waals surface area (Å²) in [5.41, 5.74) is 5.19. The number of aryl methyl sites for hydroxylation is 1. The number of nitrogens with zero attached hydrogens (tertiary/aromatic N) is 4. The molecular weight excluding hydrogens is 496 g/mol. The zero-order chi connectivity index (χ0) is 26.8. The van der Waals surface area contributed by atoms with E-state index in [1.54, 1.807) is 25.8 Å². The average Bonchev–Trinajstić information content (AvgIpc) is 3.46. The fourth-order valence-electron chi connectivity index (χ4n) is 4.44. The van der Waals surface area contributed by atoms with E-state index in [2.05, 4.69) is 4.98 Å². The number of aromatic nitrogens is 4. The van der Waals surface area contributed by atoms with E-state index in [-0.39, 0.29) is 22.7 Å². The lowest BCUT2D eigenvalue weighted by Crippen LogP contribution is -2.23. The first kappa shape index (κ1) is 25.4. The lowest BCUT2D eigenvalue weighted by Gasteiger charge is -2.13. The minimum atomic E-state index is -0.317. The quantitative estimate of drug-likeness (QED) is 0.194. The van der Waals surface area contributed by atoms with E-state index < -0.39 is 0 Å². The van der Waals surface area contributed by atoms with Crippen LogP contribution in [0.5, 0.6) is 5.75 Å². The molecule has 0 aliphatic carbocycles. The first-order chi connectivity index (χ1) is 18.4. The van der Waals surface area contributed by atoms with Crippen molar-refractivity contribution < 1.29 is 9.53 Å². The van der Waals surface area contributed by atoms with Gasteiger partial charge in [0.05, 0.1) is 30.4 Å². The van der Waals surface area contributed by atoms with Gasteiger partial charge in [-0.15, -0.1) is 0 Å². The standard InChI is InChI=1S/C30H28N4O3S/c1-20-10-14-23(15-11-20)33-26(22-12-16-25(37-4)17-13-22)18-31-30(33)38-19-27(35)28-21(2)32(3)34(29(28)36)24-8-6-5-7-9-24/h5-18H,19H2,1-4H3. The highest BCUT2D eigenvalue weighted by Gasteiger charge is 2.23. The smallest absolute Gasteiger partial charge is 0.282 e. The van der Waals surface area contributed by atoms with Crippen molar-refractivity contribution in [3.8, 4) is 28.4 Å². The van der Waals surface area contributed by atoms with E-state index in [4.69, 9.17) is 4.74 Å². The summed E-state index contributed by atoms with van der Waals surface area (Å²) in [5.74, 6) is 0.627. The normalized spacial score (nSPS) is 11.1. The number of imidazole rings is 1. The van der Waals surface area contributed by atoms with Gasteiger partial charge >= 0.3 is 0 Å². The maximum Gasteiger partial charge on any atom is 0.282 e. The second kappa shape index (κ2) is 10.6. The monoisotopic (exact) mass is 524 g/mol. The summed E-state index contributed by atoms with van der Waals surface area (Å²) < 4.78 is 10.6. The predicted octanol–water partition coefficient (Wildman–Crippen LogP) is 5.63. The van der Waals surface area contributed by atoms with E-state index >= 15 is 0 Å². The van der Waals surface area contributed by atoms with Crippen molar-refractivity contribution in [1.29, 1.82) is 0 Å². The number of para-hydroxylation sites is 1. The molecule has 38 heavy (non-hydrogen) atoms. The molecule has 8 heteroatoms. The summed E-state index contributed by atoms with van der Waals surface area (Å²) >= 11 is 1.32. The van der Waals surface area contributed by atoms with Crippen LogP contribution in [0.15, 0.2) is 95.0 Å². The molecule has 0 unspecified atom stereocenters. The summed E-state index contributed by atoms with van der Waals surface area (Å²) in [7, 11) is 3.43. The molecule has 0 fully saturated rings. The average molecular weight is 525 g/mol. The molecule has 0 saturated carbocycles. The lowest BCUT2D eigenvalue weighted by molar-refractivity contribution is 0.102. The van der Waals surface area contributed by atoms with Gasteiger partial charge in [0.1, 0.15) is 11.3 Å². The molecule has 0 saturated heterocycles. The van der Waals surface area contributed by atoms with Gasteiger partial charge in [0.25, 0.3) is 5.56 Å². The summed E-state index contributed by atoms with van der Waals surface area (Å²) in [6, 6.07) is 25.3. The van der Waals surface area contributed by atoms with Gasteiger partial charge in [-0.3, -0.25) is 18.8 Å². The van der Waals surface area contributed by atoms with Crippen LogP contribution in [0.2, 0.25) is 0 Å². The highest BCUT2D eigenvalue weighted by molar-refractivity contribution is 7.99. The van der Waals surface area contributed by atoms with Crippen molar-refractivity contribution in [3.05, 3.63) is 112 Å². The third-order valence-electron chi connectivity index (χ3n) is 6.57. The van der Waals surface area contributed by atoms with Crippen LogP contribution in [0.3, 0.4) is 0 Å². The van der Waals surface area contributed by atoms with Crippen LogP contribution in [0.4, 0.5) is 0 Å². The Kier molecular flexibility index (Phi) is 7.07. The third kappa shape index (κ3) is 4.70. The first-order valence-corrected chi connectivity index (χ1v) is 13.2. The summed E-state index contributed by atoms with van der Waals surface area (Å²) in [5, 5.41) is 0.671. The molecule has 192 valence electrons. The third-order valence-corrected chi connectivity index (χ3v) is 7.53. The minimum Gasteiger partial charge on any atom is -0.497 e. The van der Waals surface area contributed by atoms with Crippen LogP contribution in [0.25, 0.3) is 22.6 Å². The van der Waals surface area contributed by atoms with Crippen molar-refractivity contribution in [2.75, 3.05) is 12.9 Å². The number of hydrogen-bond donors (Lipinski definition) is 0. The fraction of sp³-hybridized carbons (Fsp3) is 0.167. The minimum absolute atomic E-state index is 0.0831. The summed E-state index contributed by atoms with van der Waals surface area (Å²) in [4.78, 5) is 31.4. The Balaban J connectivity index is 1.48. The van der Waals surface area contributed by atoms with Crippen LogP contribution in [0.1, 0.15) is 21.6 Å². The molecule has 0 aliphatic heterocycles. The molecule has 2 aromatic heterocycles. The number of methoxy groups -OCH3 is 1. The molecule has 5 rings (SSSR count). The van der Waals surface area contributed by atoms with Gasteiger partial charge in [-0.1, -0.05) is 47.7 Å². The van der Waals surface area contributed by atoms with E-state index in [0.29, 0.717) is 16.5 Å². The van der Waals surface area contributed by atoms with Gasteiger partial charge in [-0.05, 0) is 62.4 Å². The second-order valence-electron chi connectivity index (χ2n) is 8.97. The summed E-state index contributed by atoms with van der Waals surface area (Å²) in [6.07, 6.45) is 1.81. The number of thioether (sulfide) groups is 1. The number of carbonyl (C=O) groups excluding carboxylic acids is 1. The molecular formula is C30H28N4O3S. The molecule has 0 radical (unpaired) electrons. The first-order valence-electron chi connectivity index (χ1n) is 12.2. The molecule has 0 spiro atoms. The molecule has 7 nitrogen and oxygen atoms in total. The Morgan fingerprint density at radius 3 is 2.26 bits per heavy atom. The van der Waals surface area contributed by atoms with Crippen LogP contribution < -0.4 is 10.3 Å². The summed E-state index contributed by atoms with van der Waals surface area (Å²) in [6.45, 7) is 3.84. The van der Waals surface area contributed by atoms with E-state index in [9.17, 15) is 9.59 Å².